The average Bonchev–Trinajstić information content (AvgIpc) is 1.39. The van der Waals surface area contributed by atoms with Gasteiger partial charge in [-0.25, -0.2) is 9.59 Å². The van der Waals surface area contributed by atoms with Gasteiger partial charge in [0, 0.05) is 38.2 Å². The third kappa shape index (κ3) is 30.7. The summed E-state index contributed by atoms with van der Waals surface area (Å²) >= 11 is 0. The summed E-state index contributed by atoms with van der Waals surface area (Å²) in [6.07, 6.45) is 1.78. The Morgan fingerprint density at radius 1 is 0.400 bits per heavy atom. The molecular weight excluding hydrogens is 1220 g/mol. The predicted octanol–water partition coefficient (Wildman–Crippen LogP) is 10.2. The van der Waals surface area contributed by atoms with E-state index in [1.807, 2.05) is 48.5 Å². The van der Waals surface area contributed by atoms with Crippen molar-refractivity contribution in [2.45, 2.75) is 95.7 Å². The van der Waals surface area contributed by atoms with E-state index in [-0.39, 0.29) is 43.4 Å². The van der Waals surface area contributed by atoms with Gasteiger partial charge in [-0.3, -0.25) is 14.9 Å². The van der Waals surface area contributed by atoms with E-state index >= 15 is 0 Å². The topological polar surface area (TPSA) is 222 Å². The molecule has 1 atom stereocenters. The van der Waals surface area contributed by atoms with Gasteiger partial charge in [0.15, 0.2) is 0 Å². The molecule has 2 N–H and O–H groups in total. The summed E-state index contributed by atoms with van der Waals surface area (Å²) in [4.78, 5) is 51.7. The molecule has 0 aliphatic heterocycles. The van der Waals surface area contributed by atoms with E-state index in [9.17, 15) is 19.2 Å². The number of alkyl carbamates (subject to hydrolysis) is 1. The number of Topliss-reactive ketones (excluding diaryl/α,β-unsaturated/α-hetero) is 2. The van der Waals surface area contributed by atoms with Gasteiger partial charge in [0.05, 0.1) is 157 Å². The molecule has 20 nitrogen and oxygen atoms in total. The van der Waals surface area contributed by atoms with Crippen LogP contribution in [-0.4, -0.2) is 207 Å². The maximum Gasteiger partial charge on any atom is 0.407 e. The van der Waals surface area contributed by atoms with Gasteiger partial charge in [0.2, 0.25) is 0 Å². The molecule has 0 bridgehead atoms. The van der Waals surface area contributed by atoms with Crippen LogP contribution in [0.15, 0.2) is 133 Å². The van der Waals surface area contributed by atoms with E-state index < -0.39 is 29.2 Å². The van der Waals surface area contributed by atoms with Crippen molar-refractivity contribution in [1.82, 2.24) is 10.6 Å². The number of hydrogen-bond donors (Lipinski definition) is 2. The first-order valence-electron chi connectivity index (χ1n) is 33.7. The minimum absolute atomic E-state index is 0.0491. The molecule has 0 aromatic heterocycles. The number of carbonyl (C=O) groups is 4. The number of ketones is 2. The summed E-state index contributed by atoms with van der Waals surface area (Å²) in [5.41, 5.74) is 7.71. The van der Waals surface area contributed by atoms with E-state index in [1.54, 1.807) is 20.8 Å². The second-order valence-corrected chi connectivity index (χ2v) is 23.8. The number of hydrogen-bond acceptors (Lipinski definition) is 19. The van der Waals surface area contributed by atoms with Gasteiger partial charge in [-0.1, -0.05) is 139 Å². The van der Waals surface area contributed by atoms with Crippen molar-refractivity contribution in [3.63, 3.8) is 0 Å². The fourth-order valence-corrected chi connectivity index (χ4v) is 10.6. The summed E-state index contributed by atoms with van der Waals surface area (Å²) in [7, 11) is 0. The van der Waals surface area contributed by atoms with Crippen LogP contribution in [0.5, 0.6) is 0 Å². The molecular formula is C75H104N2O18. The first-order chi connectivity index (χ1) is 46.4. The van der Waals surface area contributed by atoms with Crippen LogP contribution in [-0.2, 0) is 86.2 Å². The van der Waals surface area contributed by atoms with Gasteiger partial charge < -0.3 is 71.6 Å². The monoisotopic (exact) mass is 1320 g/mol. The number of esters is 1. The number of carbonyl (C=O) groups excluding carboxylic acids is 4. The van der Waals surface area contributed by atoms with Crippen LogP contribution in [0.2, 0.25) is 0 Å². The molecule has 0 unspecified atom stereocenters. The lowest BCUT2D eigenvalue weighted by atomic mass is 9.76. The molecule has 0 saturated heterocycles. The fraction of sp³-hybridized carbons (Fsp3) is 0.547. The van der Waals surface area contributed by atoms with Crippen LogP contribution >= 0.6 is 0 Å². The Bertz CT molecular complexity index is 2790. The Morgan fingerprint density at radius 2 is 0.758 bits per heavy atom. The largest absolute Gasteiger partial charge is 0.458 e. The van der Waals surface area contributed by atoms with Crippen LogP contribution < -0.4 is 10.6 Å². The first-order valence-corrected chi connectivity index (χ1v) is 33.7. The SMILES string of the molecule is Cc1ccc(C(NCCCC(=O)CCOCCOCCOCCOCCOCCOCCOCCOCCOCCOCCOCCOCCCC(=O)CC[C@H](NC(=O)OCC2c3ccccc3-c3ccccc32)C(=O)OC(C)(C)C)(c2ccccc2)c2ccccc2)cc1. The van der Waals surface area contributed by atoms with Crippen molar-refractivity contribution in [3.05, 3.63) is 167 Å². The first kappa shape index (κ1) is 77.7. The van der Waals surface area contributed by atoms with Crippen LogP contribution in [0.1, 0.15) is 105 Å². The molecule has 1 amide bonds. The van der Waals surface area contributed by atoms with Crippen molar-refractivity contribution in [1.29, 1.82) is 0 Å². The zero-order valence-electron chi connectivity index (χ0n) is 56.5. The molecule has 1 aliphatic carbocycles. The Morgan fingerprint density at radius 3 is 1.18 bits per heavy atom. The molecule has 0 heterocycles. The summed E-state index contributed by atoms with van der Waals surface area (Å²) in [6, 6.07) is 44.7. The van der Waals surface area contributed by atoms with E-state index in [2.05, 4.69) is 102 Å². The van der Waals surface area contributed by atoms with E-state index in [0.717, 1.165) is 38.9 Å². The van der Waals surface area contributed by atoms with Gasteiger partial charge in [-0.15, -0.1) is 0 Å². The maximum atomic E-state index is 13.1. The fourth-order valence-electron chi connectivity index (χ4n) is 10.6. The number of benzene rings is 5. The van der Waals surface area contributed by atoms with Crippen LogP contribution in [0.4, 0.5) is 4.79 Å². The Balaban J connectivity index is 0.617. The van der Waals surface area contributed by atoms with E-state index in [4.69, 9.17) is 66.3 Å². The third-order valence-corrected chi connectivity index (χ3v) is 15.3. The van der Waals surface area contributed by atoms with Crippen LogP contribution in [0, 0.1) is 6.92 Å². The molecule has 6 rings (SSSR count). The summed E-state index contributed by atoms with van der Waals surface area (Å²) in [5.74, 6) is -0.619. The second kappa shape index (κ2) is 46.8. The standard InChI is InChI=1S/C75H104N2O18/c1-60-27-29-63(30-28-60)75(61-17-7-5-8-18-61,62-19-9-6-10-20-62)76-34-15-21-65(79)33-36-83-38-40-85-42-44-87-46-48-89-50-52-91-54-56-93-58-57-92-55-53-90-51-49-88-47-45-86-43-41-84-39-37-82-35-16-22-64(78)31-32-71(72(80)95-74(2,3)4)77-73(81)94-59-70-68-25-13-11-23-66(68)67-24-12-14-26-69(67)70/h5-14,17-20,23-30,70-71,76H,15-16,21-22,31-59H2,1-4H3,(H,77,81)/t71-/m0/s1. The number of amides is 1. The highest BCUT2D eigenvalue weighted by molar-refractivity contribution is 5.84. The zero-order chi connectivity index (χ0) is 67.3. The molecule has 0 radical (unpaired) electrons. The van der Waals surface area contributed by atoms with E-state index in [0.29, 0.717) is 191 Å². The molecule has 1 aliphatic rings. The highest BCUT2D eigenvalue weighted by atomic mass is 16.6. The Hall–Kier alpha value is -6.34. The van der Waals surface area contributed by atoms with Crippen molar-refractivity contribution in [3.8, 4) is 11.1 Å². The molecule has 0 fully saturated rings. The number of nitrogens with one attached hydrogen (secondary N) is 2. The quantitative estimate of drug-likeness (QED) is 0.0210. The molecule has 522 valence electrons. The summed E-state index contributed by atoms with van der Waals surface area (Å²) in [5, 5.41) is 6.52. The third-order valence-electron chi connectivity index (χ3n) is 15.3. The highest BCUT2D eigenvalue weighted by Gasteiger charge is 2.36. The van der Waals surface area contributed by atoms with Crippen LogP contribution in [0.25, 0.3) is 11.1 Å². The molecule has 0 spiro atoms. The normalized spacial score (nSPS) is 12.5. The summed E-state index contributed by atoms with van der Waals surface area (Å²) in [6.45, 7) is 18.6. The number of fused-ring (bicyclic) bond motifs is 3. The smallest absolute Gasteiger partial charge is 0.407 e. The number of ether oxygens (including phenoxy) is 14. The number of aryl methyl sites for hydroxylation is 1. The highest BCUT2D eigenvalue weighted by Crippen LogP contribution is 2.44. The second-order valence-electron chi connectivity index (χ2n) is 23.8. The van der Waals surface area contributed by atoms with Crippen LogP contribution in [0.3, 0.4) is 0 Å². The molecule has 0 saturated carbocycles. The minimum atomic E-state index is -1.05. The lowest BCUT2D eigenvalue weighted by molar-refractivity contribution is -0.157. The summed E-state index contributed by atoms with van der Waals surface area (Å²) < 4.78 is 78.2. The van der Waals surface area contributed by atoms with Crippen molar-refractivity contribution < 1.29 is 85.5 Å². The Labute approximate surface area is 562 Å². The lowest BCUT2D eigenvalue weighted by Crippen LogP contribution is -2.45. The van der Waals surface area contributed by atoms with Gasteiger partial charge >= 0.3 is 12.1 Å². The van der Waals surface area contributed by atoms with Gasteiger partial charge in [0.1, 0.15) is 29.8 Å². The maximum absolute atomic E-state index is 13.1. The lowest BCUT2D eigenvalue weighted by Gasteiger charge is -2.37. The molecule has 20 heteroatoms. The molecule has 5 aromatic carbocycles. The van der Waals surface area contributed by atoms with E-state index in [1.165, 1.54) is 5.56 Å². The van der Waals surface area contributed by atoms with Gasteiger partial charge in [-0.05, 0) is 92.4 Å². The Kier molecular flexibility index (Phi) is 38.2. The minimum Gasteiger partial charge on any atom is -0.458 e. The molecule has 5 aromatic rings. The predicted molar refractivity (Wildman–Crippen MR) is 362 cm³/mol. The van der Waals surface area contributed by atoms with Crippen molar-refractivity contribution in [2.75, 3.05) is 172 Å². The van der Waals surface area contributed by atoms with Gasteiger partial charge in [-0.2, -0.15) is 0 Å². The molecule has 95 heavy (non-hydrogen) atoms. The van der Waals surface area contributed by atoms with Crippen molar-refractivity contribution in [2.24, 2.45) is 0 Å². The van der Waals surface area contributed by atoms with Crippen molar-refractivity contribution >= 4 is 23.6 Å². The average molecular weight is 1320 g/mol. The number of rotatable bonds is 55. The zero-order valence-corrected chi connectivity index (χ0v) is 56.5. The van der Waals surface area contributed by atoms with Gasteiger partial charge in [0.25, 0.3) is 0 Å².